The molecule has 1 saturated heterocycles. The van der Waals surface area contributed by atoms with Crippen LogP contribution in [0.3, 0.4) is 0 Å². The highest BCUT2D eigenvalue weighted by molar-refractivity contribution is 6.94. The third-order valence-electron chi connectivity index (χ3n) is 9.67. The molecule has 7 rings (SSSR count). The van der Waals surface area contributed by atoms with Gasteiger partial charge < -0.3 is 9.64 Å². The lowest BCUT2D eigenvalue weighted by molar-refractivity contribution is 0.159. The van der Waals surface area contributed by atoms with Gasteiger partial charge in [-0.2, -0.15) is 0 Å². The molecule has 2 fully saturated rings. The van der Waals surface area contributed by atoms with Crippen LogP contribution in [0.5, 0.6) is 11.5 Å². The van der Waals surface area contributed by atoms with Crippen molar-refractivity contribution in [2.75, 3.05) is 4.90 Å². The van der Waals surface area contributed by atoms with Gasteiger partial charge in [0.2, 0.25) is 0 Å². The van der Waals surface area contributed by atoms with Crippen molar-refractivity contribution in [3.63, 3.8) is 0 Å². The maximum absolute atomic E-state index is 6.67. The maximum Gasteiger partial charge on any atom is 0.251 e. The molecule has 3 aromatic rings. The highest BCUT2D eigenvalue weighted by atomic mass is 16.5. The van der Waals surface area contributed by atoms with Gasteiger partial charge in [-0.1, -0.05) is 79.8 Å². The second kappa shape index (κ2) is 7.16. The number of allylic oxidation sites excluding steroid dienone is 3. The lowest BCUT2D eigenvalue weighted by Gasteiger charge is -2.51. The molecule has 0 bridgehead atoms. The summed E-state index contributed by atoms with van der Waals surface area (Å²) in [6.45, 7) is 9.88. The Balaban J connectivity index is 1.48. The van der Waals surface area contributed by atoms with Crippen molar-refractivity contribution in [2.24, 2.45) is 5.41 Å². The Morgan fingerprint density at radius 3 is 2.49 bits per heavy atom. The Hall–Kier alpha value is -3.20. The summed E-state index contributed by atoms with van der Waals surface area (Å²) in [7, 11) is 0. The standard InChI is InChI=1S/C32H32BNO/c1-5-24-30-21(2)33-25-17-16-23(22-12-7-6-8-13-22)20-28(25)35-27-15-11-14-26(29(27)33)34(30)32(4)19-10-9-18-31(24,32)3/h5-8,11-17,20H,9-10,18-19H2,1-4H3/b24-5+. The number of fused-ring (bicyclic) bond motifs is 6. The van der Waals surface area contributed by atoms with Gasteiger partial charge in [0.25, 0.3) is 6.71 Å². The number of anilines is 1. The second-order valence-electron chi connectivity index (χ2n) is 11.2. The van der Waals surface area contributed by atoms with Crippen LogP contribution >= 0.6 is 0 Å². The predicted octanol–water partition coefficient (Wildman–Crippen LogP) is 7.00. The average molecular weight is 457 g/mol. The third-order valence-corrected chi connectivity index (χ3v) is 9.67. The average Bonchev–Trinajstić information content (AvgIpc) is 3.10. The summed E-state index contributed by atoms with van der Waals surface area (Å²) in [4.78, 5) is 2.72. The van der Waals surface area contributed by atoms with Gasteiger partial charge in [0, 0.05) is 16.8 Å². The molecule has 2 nitrogen and oxygen atoms in total. The Labute approximate surface area is 209 Å². The maximum atomic E-state index is 6.67. The first-order valence-corrected chi connectivity index (χ1v) is 13.2. The summed E-state index contributed by atoms with van der Waals surface area (Å²) in [5, 5.41) is 0. The lowest BCUT2D eigenvalue weighted by atomic mass is 9.34. The third kappa shape index (κ3) is 2.57. The zero-order valence-corrected chi connectivity index (χ0v) is 21.2. The van der Waals surface area contributed by atoms with E-state index in [2.05, 4.69) is 105 Å². The van der Waals surface area contributed by atoms with E-state index in [1.165, 1.54) is 64.6 Å². The van der Waals surface area contributed by atoms with Crippen LogP contribution in [-0.2, 0) is 0 Å². The highest BCUT2D eigenvalue weighted by Gasteiger charge is 2.62. The topological polar surface area (TPSA) is 12.5 Å². The van der Waals surface area contributed by atoms with Gasteiger partial charge in [0.15, 0.2) is 0 Å². The molecule has 2 unspecified atom stereocenters. The van der Waals surface area contributed by atoms with Crippen LogP contribution in [-0.4, -0.2) is 12.3 Å². The van der Waals surface area contributed by atoms with Crippen molar-refractivity contribution in [2.45, 2.75) is 58.9 Å². The van der Waals surface area contributed by atoms with Crippen LogP contribution < -0.4 is 20.6 Å². The molecule has 3 heteroatoms. The highest BCUT2D eigenvalue weighted by Crippen LogP contribution is 2.63. The van der Waals surface area contributed by atoms with Crippen molar-refractivity contribution in [3.8, 4) is 22.6 Å². The second-order valence-corrected chi connectivity index (χ2v) is 11.2. The minimum Gasteiger partial charge on any atom is -0.458 e. The molecule has 3 heterocycles. The molecule has 2 atom stereocenters. The van der Waals surface area contributed by atoms with Crippen molar-refractivity contribution in [1.82, 2.24) is 0 Å². The summed E-state index contributed by atoms with van der Waals surface area (Å²) in [6, 6.07) is 24.1. The quantitative estimate of drug-likeness (QED) is 0.365. The summed E-state index contributed by atoms with van der Waals surface area (Å²) in [5.41, 5.74) is 11.1. The fraction of sp³-hybridized carbons (Fsp3) is 0.312. The van der Waals surface area contributed by atoms with Crippen LogP contribution in [0.4, 0.5) is 5.69 Å². The normalized spacial score (nSPS) is 27.3. The predicted molar refractivity (Wildman–Crippen MR) is 147 cm³/mol. The number of hydrogen-bond acceptors (Lipinski definition) is 2. The van der Waals surface area contributed by atoms with E-state index in [1.54, 1.807) is 5.57 Å². The van der Waals surface area contributed by atoms with Gasteiger partial charge in [-0.25, -0.2) is 0 Å². The molecule has 3 aliphatic heterocycles. The van der Waals surface area contributed by atoms with Gasteiger partial charge in [-0.05, 0) is 79.4 Å². The number of hydrogen-bond donors (Lipinski definition) is 0. The summed E-state index contributed by atoms with van der Waals surface area (Å²) in [5.74, 6) is 2.00. The molecule has 0 spiro atoms. The fourth-order valence-corrected chi connectivity index (χ4v) is 7.77. The number of benzene rings is 3. The number of nitrogens with zero attached hydrogens (tertiary/aromatic N) is 1. The van der Waals surface area contributed by atoms with Crippen molar-refractivity contribution in [3.05, 3.63) is 89.5 Å². The van der Waals surface area contributed by atoms with Gasteiger partial charge in [0.05, 0.1) is 5.54 Å². The summed E-state index contributed by atoms with van der Waals surface area (Å²) < 4.78 is 6.67. The Morgan fingerprint density at radius 1 is 0.886 bits per heavy atom. The van der Waals surface area contributed by atoms with Crippen LogP contribution in [0.15, 0.2) is 89.5 Å². The smallest absolute Gasteiger partial charge is 0.251 e. The summed E-state index contributed by atoms with van der Waals surface area (Å²) in [6.07, 6.45) is 7.50. The molecule has 1 aliphatic carbocycles. The zero-order valence-electron chi connectivity index (χ0n) is 21.2. The molecule has 0 amide bonds. The fourth-order valence-electron chi connectivity index (χ4n) is 7.77. The molecule has 174 valence electrons. The van der Waals surface area contributed by atoms with Crippen LogP contribution in [0.2, 0.25) is 0 Å². The van der Waals surface area contributed by atoms with E-state index in [0.717, 1.165) is 11.5 Å². The minimum absolute atomic E-state index is 0.0845. The van der Waals surface area contributed by atoms with E-state index in [0.29, 0.717) is 0 Å². The Kier molecular flexibility index (Phi) is 4.32. The molecule has 0 aromatic heterocycles. The molecular formula is C32H32BNO. The van der Waals surface area contributed by atoms with E-state index in [1.807, 2.05) is 0 Å². The molecule has 4 aliphatic rings. The molecule has 3 aromatic carbocycles. The number of rotatable bonds is 1. The first kappa shape index (κ1) is 21.1. The van der Waals surface area contributed by atoms with Crippen LogP contribution in [0.1, 0.15) is 53.4 Å². The molecule has 0 radical (unpaired) electrons. The van der Waals surface area contributed by atoms with E-state index in [-0.39, 0.29) is 17.7 Å². The molecule has 0 N–H and O–H groups in total. The van der Waals surface area contributed by atoms with Crippen LogP contribution in [0.25, 0.3) is 11.1 Å². The molecular weight excluding hydrogens is 425 g/mol. The van der Waals surface area contributed by atoms with E-state index in [9.17, 15) is 0 Å². The molecule has 35 heavy (non-hydrogen) atoms. The monoisotopic (exact) mass is 457 g/mol. The zero-order chi connectivity index (χ0) is 23.9. The van der Waals surface area contributed by atoms with E-state index in [4.69, 9.17) is 4.74 Å². The lowest BCUT2D eigenvalue weighted by Crippen LogP contribution is -2.58. The Morgan fingerprint density at radius 2 is 1.69 bits per heavy atom. The van der Waals surface area contributed by atoms with Gasteiger partial charge in [-0.3, -0.25) is 0 Å². The van der Waals surface area contributed by atoms with Gasteiger partial charge in [0.1, 0.15) is 11.5 Å². The van der Waals surface area contributed by atoms with Crippen molar-refractivity contribution >= 4 is 23.3 Å². The number of ether oxygens (including phenoxy) is 1. The Bertz CT molecular complexity index is 1440. The van der Waals surface area contributed by atoms with Gasteiger partial charge in [-0.15, -0.1) is 0 Å². The van der Waals surface area contributed by atoms with Crippen molar-refractivity contribution in [1.29, 1.82) is 0 Å². The van der Waals surface area contributed by atoms with Crippen LogP contribution in [0, 0.1) is 5.41 Å². The van der Waals surface area contributed by atoms with Gasteiger partial charge >= 0.3 is 0 Å². The summed E-state index contributed by atoms with van der Waals surface area (Å²) >= 11 is 0. The van der Waals surface area contributed by atoms with E-state index < -0.39 is 0 Å². The largest absolute Gasteiger partial charge is 0.458 e. The van der Waals surface area contributed by atoms with Crippen molar-refractivity contribution < 1.29 is 4.74 Å². The first-order valence-electron chi connectivity index (χ1n) is 13.2. The molecule has 1 saturated carbocycles. The minimum atomic E-state index is 0.0845. The SMILES string of the molecule is C/C=C1\C2=C(C)B3c4ccc(-c5ccccc5)cc4Oc4cccc(c43)N2C2(C)CCCCC12C. The van der Waals surface area contributed by atoms with E-state index >= 15 is 0 Å². The first-order chi connectivity index (χ1) is 17.0.